The lowest BCUT2D eigenvalue weighted by Gasteiger charge is -2.06. The van der Waals surface area contributed by atoms with Crippen molar-refractivity contribution in [3.63, 3.8) is 0 Å². The van der Waals surface area contributed by atoms with Crippen LogP contribution in [0, 0.1) is 11.8 Å². The summed E-state index contributed by atoms with van der Waals surface area (Å²) in [4.78, 5) is 12.1. The summed E-state index contributed by atoms with van der Waals surface area (Å²) in [7, 11) is 0. The van der Waals surface area contributed by atoms with Gasteiger partial charge in [-0.15, -0.1) is 0 Å². The van der Waals surface area contributed by atoms with Crippen LogP contribution in [0.4, 0.5) is 0 Å². The van der Waals surface area contributed by atoms with Gasteiger partial charge in [0.05, 0.1) is 5.56 Å². The van der Waals surface area contributed by atoms with Crippen LogP contribution in [0.1, 0.15) is 61.9 Å². The van der Waals surface area contributed by atoms with E-state index in [9.17, 15) is 4.79 Å². The van der Waals surface area contributed by atoms with E-state index in [1.807, 2.05) is 24.3 Å². The van der Waals surface area contributed by atoms with Gasteiger partial charge in [-0.2, -0.15) is 0 Å². The molecule has 0 bridgehead atoms. The second-order valence-electron chi connectivity index (χ2n) is 4.56. The van der Waals surface area contributed by atoms with Crippen LogP contribution >= 0.6 is 0 Å². The first-order valence-corrected chi connectivity index (χ1v) is 7.15. The van der Waals surface area contributed by atoms with Gasteiger partial charge in [-0.3, -0.25) is 4.79 Å². The summed E-state index contributed by atoms with van der Waals surface area (Å²) in [6.07, 6.45) is 5.24. The Hall–Kier alpha value is -1.75. The minimum absolute atomic E-state index is 0.0196. The van der Waals surface area contributed by atoms with Gasteiger partial charge in [0.25, 0.3) is 5.91 Å². The minimum Gasteiger partial charge on any atom is -0.352 e. The fourth-order valence-corrected chi connectivity index (χ4v) is 1.69. The normalized spacial score (nSPS) is 9.58. The van der Waals surface area contributed by atoms with E-state index >= 15 is 0 Å². The summed E-state index contributed by atoms with van der Waals surface area (Å²) in [6, 6.07) is 7.55. The SMILES string of the molecule is CCCCC#Cc1ccccc1C(=O)NCCCC. The molecular weight excluding hydrogens is 234 g/mol. The van der Waals surface area contributed by atoms with Gasteiger partial charge in [-0.25, -0.2) is 0 Å². The number of rotatable bonds is 6. The van der Waals surface area contributed by atoms with Gasteiger partial charge in [0.1, 0.15) is 0 Å². The topological polar surface area (TPSA) is 29.1 Å². The fraction of sp³-hybridized carbons (Fsp3) is 0.471. The van der Waals surface area contributed by atoms with Crippen LogP contribution in [0.15, 0.2) is 24.3 Å². The van der Waals surface area contributed by atoms with Crippen LogP contribution in [0.3, 0.4) is 0 Å². The molecule has 0 saturated carbocycles. The summed E-state index contributed by atoms with van der Waals surface area (Å²) in [5.41, 5.74) is 1.51. The van der Waals surface area contributed by atoms with Crippen molar-refractivity contribution in [2.75, 3.05) is 6.54 Å². The molecule has 1 N–H and O–H groups in total. The standard InChI is InChI=1S/C17H23NO/c1-3-5-7-8-11-15-12-9-10-13-16(15)17(19)18-14-6-4-2/h9-10,12-13H,3-7,14H2,1-2H3,(H,18,19). The van der Waals surface area contributed by atoms with Crippen LogP contribution in [0.2, 0.25) is 0 Å². The van der Waals surface area contributed by atoms with Crippen molar-refractivity contribution in [3.8, 4) is 11.8 Å². The molecule has 0 unspecified atom stereocenters. The van der Waals surface area contributed by atoms with Gasteiger partial charge >= 0.3 is 0 Å². The van der Waals surface area contributed by atoms with Crippen LogP contribution in [0.5, 0.6) is 0 Å². The molecule has 0 aromatic heterocycles. The highest BCUT2D eigenvalue weighted by Gasteiger charge is 2.08. The molecule has 2 nitrogen and oxygen atoms in total. The Morgan fingerprint density at radius 3 is 2.63 bits per heavy atom. The van der Waals surface area contributed by atoms with Gasteiger partial charge in [0.2, 0.25) is 0 Å². The van der Waals surface area contributed by atoms with Crippen molar-refractivity contribution in [1.82, 2.24) is 5.32 Å². The molecule has 0 aliphatic heterocycles. The summed E-state index contributed by atoms with van der Waals surface area (Å²) in [6.45, 7) is 4.99. The van der Waals surface area contributed by atoms with Crippen molar-refractivity contribution < 1.29 is 4.79 Å². The third-order valence-corrected chi connectivity index (χ3v) is 2.87. The molecule has 1 aromatic rings. The lowest BCUT2D eigenvalue weighted by atomic mass is 10.1. The van der Waals surface area contributed by atoms with E-state index < -0.39 is 0 Å². The lowest BCUT2D eigenvalue weighted by molar-refractivity contribution is 0.0953. The third-order valence-electron chi connectivity index (χ3n) is 2.87. The molecule has 1 amide bonds. The molecule has 1 aromatic carbocycles. The Kier molecular flexibility index (Phi) is 7.43. The maximum Gasteiger partial charge on any atom is 0.252 e. The number of hydrogen-bond acceptors (Lipinski definition) is 1. The zero-order valence-corrected chi connectivity index (χ0v) is 12.0. The van der Waals surface area contributed by atoms with E-state index in [0.717, 1.165) is 44.2 Å². The fourth-order valence-electron chi connectivity index (χ4n) is 1.69. The second-order valence-corrected chi connectivity index (χ2v) is 4.56. The highest BCUT2D eigenvalue weighted by atomic mass is 16.1. The van der Waals surface area contributed by atoms with E-state index in [2.05, 4.69) is 31.0 Å². The minimum atomic E-state index is -0.0196. The quantitative estimate of drug-likeness (QED) is 0.610. The molecule has 0 radical (unpaired) electrons. The maximum absolute atomic E-state index is 12.1. The van der Waals surface area contributed by atoms with Crippen molar-refractivity contribution in [1.29, 1.82) is 0 Å². The zero-order chi connectivity index (χ0) is 13.9. The molecule has 0 atom stereocenters. The van der Waals surface area contributed by atoms with Gasteiger partial charge < -0.3 is 5.32 Å². The zero-order valence-electron chi connectivity index (χ0n) is 12.0. The van der Waals surface area contributed by atoms with Crippen LogP contribution < -0.4 is 5.32 Å². The third kappa shape index (κ3) is 5.61. The van der Waals surface area contributed by atoms with Gasteiger partial charge in [0.15, 0.2) is 0 Å². The summed E-state index contributed by atoms with van der Waals surface area (Å²) >= 11 is 0. The second kappa shape index (κ2) is 9.22. The molecule has 1 rings (SSSR count). The van der Waals surface area contributed by atoms with E-state index in [1.165, 1.54) is 0 Å². The summed E-state index contributed by atoms with van der Waals surface area (Å²) in [5, 5.41) is 2.94. The Morgan fingerprint density at radius 1 is 1.16 bits per heavy atom. The van der Waals surface area contributed by atoms with E-state index in [1.54, 1.807) is 0 Å². The maximum atomic E-state index is 12.1. The highest BCUT2D eigenvalue weighted by molar-refractivity contribution is 5.96. The van der Waals surface area contributed by atoms with Crippen molar-refractivity contribution in [3.05, 3.63) is 35.4 Å². The molecule has 0 saturated heterocycles. The van der Waals surface area contributed by atoms with Gasteiger partial charge in [-0.1, -0.05) is 50.7 Å². The molecule has 102 valence electrons. The number of carbonyl (C=O) groups excluding carboxylic acids is 1. The number of benzene rings is 1. The smallest absolute Gasteiger partial charge is 0.252 e. The molecule has 2 heteroatoms. The predicted molar refractivity (Wildman–Crippen MR) is 80.1 cm³/mol. The van der Waals surface area contributed by atoms with Gasteiger partial charge in [0, 0.05) is 18.5 Å². The predicted octanol–water partition coefficient (Wildman–Crippen LogP) is 3.76. The van der Waals surface area contributed by atoms with Crippen molar-refractivity contribution in [2.24, 2.45) is 0 Å². The largest absolute Gasteiger partial charge is 0.352 e. The molecule has 0 spiro atoms. The Balaban J connectivity index is 2.71. The molecule has 0 heterocycles. The molecule has 0 fully saturated rings. The van der Waals surface area contributed by atoms with E-state index in [0.29, 0.717) is 5.56 Å². The average Bonchev–Trinajstić information content (AvgIpc) is 2.44. The van der Waals surface area contributed by atoms with E-state index in [-0.39, 0.29) is 5.91 Å². The van der Waals surface area contributed by atoms with E-state index in [4.69, 9.17) is 0 Å². The van der Waals surface area contributed by atoms with Crippen LogP contribution in [-0.2, 0) is 0 Å². The number of hydrogen-bond donors (Lipinski definition) is 1. The molecular formula is C17H23NO. The Bertz CT molecular complexity index is 454. The first-order valence-electron chi connectivity index (χ1n) is 7.15. The Labute approximate surface area is 116 Å². The Morgan fingerprint density at radius 2 is 1.89 bits per heavy atom. The summed E-state index contributed by atoms with van der Waals surface area (Å²) in [5.74, 6) is 6.22. The molecule has 19 heavy (non-hydrogen) atoms. The first-order chi connectivity index (χ1) is 9.29. The number of amides is 1. The number of unbranched alkanes of at least 4 members (excludes halogenated alkanes) is 3. The van der Waals surface area contributed by atoms with Crippen LogP contribution in [-0.4, -0.2) is 12.5 Å². The monoisotopic (exact) mass is 257 g/mol. The highest BCUT2D eigenvalue weighted by Crippen LogP contribution is 2.07. The summed E-state index contributed by atoms with van der Waals surface area (Å²) < 4.78 is 0. The molecule has 0 aliphatic rings. The average molecular weight is 257 g/mol. The van der Waals surface area contributed by atoms with Crippen LogP contribution in [0.25, 0.3) is 0 Å². The number of nitrogens with one attached hydrogen (secondary N) is 1. The van der Waals surface area contributed by atoms with Crippen molar-refractivity contribution >= 4 is 5.91 Å². The molecule has 0 aliphatic carbocycles. The number of carbonyl (C=O) groups is 1. The lowest BCUT2D eigenvalue weighted by Crippen LogP contribution is -2.25. The van der Waals surface area contributed by atoms with Crippen molar-refractivity contribution in [2.45, 2.75) is 46.0 Å². The van der Waals surface area contributed by atoms with Gasteiger partial charge in [-0.05, 0) is 25.0 Å². The first kappa shape index (κ1) is 15.3.